The summed E-state index contributed by atoms with van der Waals surface area (Å²) < 4.78 is 0. The van der Waals surface area contributed by atoms with Crippen LogP contribution in [0.1, 0.15) is 25.0 Å². The van der Waals surface area contributed by atoms with Crippen molar-refractivity contribution in [3.8, 4) is 0 Å². The quantitative estimate of drug-likeness (QED) is 0.785. The second-order valence-electron chi connectivity index (χ2n) is 3.63. The van der Waals surface area contributed by atoms with Crippen molar-refractivity contribution in [3.05, 3.63) is 34.3 Å². The largest absolute Gasteiger partial charge is 0.310 e. The first-order valence-electron chi connectivity index (χ1n) is 4.58. The van der Waals surface area contributed by atoms with Crippen molar-refractivity contribution >= 4 is 11.6 Å². The Kier molecular flexibility index (Phi) is 3.76. The molecule has 1 aromatic rings. The monoisotopic (exact) mass is 197 g/mol. The molecule has 0 radical (unpaired) electrons. The molecule has 0 fully saturated rings. The van der Waals surface area contributed by atoms with Gasteiger partial charge in [-0.05, 0) is 18.6 Å². The topological polar surface area (TPSA) is 12.0 Å². The Morgan fingerprint density at radius 1 is 1.38 bits per heavy atom. The van der Waals surface area contributed by atoms with E-state index in [4.69, 9.17) is 11.6 Å². The van der Waals surface area contributed by atoms with Crippen LogP contribution in [-0.2, 0) is 6.54 Å². The maximum Gasteiger partial charge on any atom is 0.0451 e. The van der Waals surface area contributed by atoms with E-state index in [1.807, 2.05) is 12.1 Å². The molecule has 1 N–H and O–H groups in total. The molecule has 0 saturated heterocycles. The first-order chi connectivity index (χ1) is 6.09. The number of halogens is 1. The average Bonchev–Trinajstić information content (AvgIpc) is 2.06. The summed E-state index contributed by atoms with van der Waals surface area (Å²) in [5.41, 5.74) is 2.43. The number of benzene rings is 1. The van der Waals surface area contributed by atoms with Gasteiger partial charge in [0, 0.05) is 17.6 Å². The summed E-state index contributed by atoms with van der Waals surface area (Å²) in [4.78, 5) is 0. The molecule has 2 heteroatoms. The van der Waals surface area contributed by atoms with Crippen molar-refractivity contribution in [2.24, 2.45) is 0 Å². The zero-order valence-electron chi connectivity index (χ0n) is 8.39. The normalized spacial score (nSPS) is 10.8. The molecule has 1 rings (SSSR count). The SMILES string of the molecule is Cc1ccc(Cl)c(CNC(C)C)c1. The van der Waals surface area contributed by atoms with Crippen LogP contribution in [0.5, 0.6) is 0 Å². The standard InChI is InChI=1S/C11H16ClN/c1-8(2)13-7-10-6-9(3)4-5-11(10)12/h4-6,8,13H,7H2,1-3H3. The molecule has 0 aliphatic carbocycles. The molecule has 0 spiro atoms. The van der Waals surface area contributed by atoms with E-state index in [0.29, 0.717) is 6.04 Å². The lowest BCUT2D eigenvalue weighted by Crippen LogP contribution is -2.21. The molecule has 1 aromatic carbocycles. The molecule has 72 valence electrons. The fraction of sp³-hybridized carbons (Fsp3) is 0.455. The van der Waals surface area contributed by atoms with Gasteiger partial charge in [-0.15, -0.1) is 0 Å². The maximum absolute atomic E-state index is 6.04. The van der Waals surface area contributed by atoms with Crippen LogP contribution in [0.2, 0.25) is 5.02 Å². The third-order valence-corrected chi connectivity index (χ3v) is 2.27. The average molecular weight is 198 g/mol. The molecule has 0 amide bonds. The van der Waals surface area contributed by atoms with Crippen LogP contribution in [0.15, 0.2) is 18.2 Å². The van der Waals surface area contributed by atoms with Crippen LogP contribution in [0.25, 0.3) is 0 Å². The zero-order chi connectivity index (χ0) is 9.84. The smallest absolute Gasteiger partial charge is 0.0451 e. The predicted molar refractivity (Wildman–Crippen MR) is 58.2 cm³/mol. The highest BCUT2D eigenvalue weighted by molar-refractivity contribution is 6.31. The zero-order valence-corrected chi connectivity index (χ0v) is 9.15. The minimum Gasteiger partial charge on any atom is -0.310 e. The van der Waals surface area contributed by atoms with Crippen molar-refractivity contribution in [1.29, 1.82) is 0 Å². The Morgan fingerprint density at radius 2 is 2.08 bits per heavy atom. The van der Waals surface area contributed by atoms with Crippen molar-refractivity contribution in [1.82, 2.24) is 5.32 Å². The van der Waals surface area contributed by atoms with E-state index < -0.39 is 0 Å². The summed E-state index contributed by atoms with van der Waals surface area (Å²) in [5, 5.41) is 4.19. The van der Waals surface area contributed by atoms with Crippen molar-refractivity contribution in [2.75, 3.05) is 0 Å². The van der Waals surface area contributed by atoms with Gasteiger partial charge in [0.2, 0.25) is 0 Å². The summed E-state index contributed by atoms with van der Waals surface area (Å²) >= 11 is 6.04. The van der Waals surface area contributed by atoms with Gasteiger partial charge >= 0.3 is 0 Å². The van der Waals surface area contributed by atoms with Crippen molar-refractivity contribution in [3.63, 3.8) is 0 Å². The van der Waals surface area contributed by atoms with Crippen LogP contribution in [-0.4, -0.2) is 6.04 Å². The summed E-state index contributed by atoms with van der Waals surface area (Å²) in [6.07, 6.45) is 0. The lowest BCUT2D eigenvalue weighted by Gasteiger charge is -2.09. The first kappa shape index (κ1) is 10.6. The van der Waals surface area contributed by atoms with Gasteiger partial charge < -0.3 is 5.32 Å². The predicted octanol–water partition coefficient (Wildman–Crippen LogP) is 3.15. The summed E-state index contributed by atoms with van der Waals surface area (Å²) in [7, 11) is 0. The molecular weight excluding hydrogens is 182 g/mol. The Morgan fingerprint density at radius 3 is 2.69 bits per heavy atom. The lowest BCUT2D eigenvalue weighted by atomic mass is 10.1. The van der Waals surface area contributed by atoms with E-state index in [9.17, 15) is 0 Å². The van der Waals surface area contributed by atoms with Crippen molar-refractivity contribution in [2.45, 2.75) is 33.4 Å². The van der Waals surface area contributed by atoms with Gasteiger partial charge in [-0.1, -0.05) is 43.1 Å². The van der Waals surface area contributed by atoms with E-state index in [1.165, 1.54) is 11.1 Å². The van der Waals surface area contributed by atoms with Gasteiger partial charge in [0.25, 0.3) is 0 Å². The minimum absolute atomic E-state index is 0.497. The molecule has 0 unspecified atom stereocenters. The number of nitrogens with one attached hydrogen (secondary N) is 1. The third-order valence-electron chi connectivity index (χ3n) is 1.90. The van der Waals surface area contributed by atoms with Crippen LogP contribution < -0.4 is 5.32 Å². The molecule has 0 heterocycles. The Balaban J connectivity index is 2.70. The second kappa shape index (κ2) is 4.64. The molecule has 0 aromatic heterocycles. The summed E-state index contributed by atoms with van der Waals surface area (Å²) in [6, 6.07) is 6.60. The molecule has 0 saturated carbocycles. The number of hydrogen-bond donors (Lipinski definition) is 1. The number of aryl methyl sites for hydroxylation is 1. The number of hydrogen-bond acceptors (Lipinski definition) is 1. The van der Waals surface area contributed by atoms with Crippen LogP contribution in [0.3, 0.4) is 0 Å². The van der Waals surface area contributed by atoms with E-state index in [-0.39, 0.29) is 0 Å². The molecule has 0 aliphatic rings. The van der Waals surface area contributed by atoms with Gasteiger partial charge in [-0.3, -0.25) is 0 Å². The van der Waals surface area contributed by atoms with Crippen LogP contribution >= 0.6 is 11.6 Å². The van der Waals surface area contributed by atoms with Gasteiger partial charge in [0.05, 0.1) is 0 Å². The highest BCUT2D eigenvalue weighted by Crippen LogP contribution is 2.16. The Bertz CT molecular complexity index is 281. The fourth-order valence-electron chi connectivity index (χ4n) is 1.15. The molecule has 13 heavy (non-hydrogen) atoms. The van der Waals surface area contributed by atoms with Crippen molar-refractivity contribution < 1.29 is 0 Å². The van der Waals surface area contributed by atoms with E-state index >= 15 is 0 Å². The van der Waals surface area contributed by atoms with E-state index in [2.05, 4.69) is 32.2 Å². The molecular formula is C11H16ClN. The van der Waals surface area contributed by atoms with E-state index in [1.54, 1.807) is 0 Å². The fourth-order valence-corrected chi connectivity index (χ4v) is 1.34. The van der Waals surface area contributed by atoms with Crippen LogP contribution in [0.4, 0.5) is 0 Å². The minimum atomic E-state index is 0.497. The molecule has 0 bridgehead atoms. The summed E-state index contributed by atoms with van der Waals surface area (Å²) in [6.45, 7) is 7.18. The van der Waals surface area contributed by atoms with Gasteiger partial charge in [-0.25, -0.2) is 0 Å². The van der Waals surface area contributed by atoms with E-state index in [0.717, 1.165) is 11.6 Å². The number of rotatable bonds is 3. The van der Waals surface area contributed by atoms with Gasteiger partial charge in [0.1, 0.15) is 0 Å². The first-order valence-corrected chi connectivity index (χ1v) is 4.96. The van der Waals surface area contributed by atoms with Gasteiger partial charge in [-0.2, -0.15) is 0 Å². The maximum atomic E-state index is 6.04. The third kappa shape index (κ3) is 3.37. The Hall–Kier alpha value is -0.530. The molecule has 0 aliphatic heterocycles. The molecule has 1 nitrogen and oxygen atoms in total. The van der Waals surface area contributed by atoms with Gasteiger partial charge in [0.15, 0.2) is 0 Å². The molecule has 0 atom stereocenters. The highest BCUT2D eigenvalue weighted by Gasteiger charge is 2.00. The van der Waals surface area contributed by atoms with Crippen LogP contribution in [0, 0.1) is 6.92 Å². The Labute approximate surface area is 85.1 Å². The lowest BCUT2D eigenvalue weighted by molar-refractivity contribution is 0.589. The second-order valence-corrected chi connectivity index (χ2v) is 4.04. The highest BCUT2D eigenvalue weighted by atomic mass is 35.5. The summed E-state index contributed by atoms with van der Waals surface area (Å²) in [5.74, 6) is 0.